The molecule has 1 rings (SSSR count). The first-order valence-corrected chi connectivity index (χ1v) is 6.00. The van der Waals surface area contributed by atoms with Gasteiger partial charge < -0.3 is 0 Å². The maximum atomic E-state index is 11.5. The number of halogens is 2. The molecule has 80 valence electrons. The number of rotatable bonds is 4. The van der Waals surface area contributed by atoms with Gasteiger partial charge in [0.25, 0.3) is 5.69 Å². The second kappa shape index (κ2) is 5.37. The fourth-order valence-electron chi connectivity index (χ4n) is 1.07. The van der Waals surface area contributed by atoms with Crippen LogP contribution in [0.15, 0.2) is 22.7 Å². The maximum absolute atomic E-state index is 11.5. The number of carbonyl (C=O) groups excluding carboxylic acids is 1. The summed E-state index contributed by atoms with van der Waals surface area (Å²) in [6.45, 7) is 0. The molecule has 4 nitrogen and oxygen atoms in total. The summed E-state index contributed by atoms with van der Waals surface area (Å²) in [4.78, 5) is 21.5. The smallest absolute Gasteiger partial charge is 0.271 e. The van der Waals surface area contributed by atoms with Crippen molar-refractivity contribution >= 4 is 43.3 Å². The summed E-state index contributed by atoms with van der Waals surface area (Å²) in [5.41, 5.74) is 0.276. The van der Waals surface area contributed by atoms with E-state index in [1.807, 2.05) is 0 Å². The number of nitro groups is 1. The van der Waals surface area contributed by atoms with Crippen LogP contribution < -0.4 is 0 Å². The summed E-state index contributed by atoms with van der Waals surface area (Å²) in [7, 11) is 0. The van der Waals surface area contributed by atoms with Crippen LogP contribution in [-0.2, 0) is 0 Å². The van der Waals surface area contributed by atoms with Gasteiger partial charge in [-0.15, -0.1) is 0 Å². The fraction of sp³-hybridized carbons (Fsp3) is 0.222. The van der Waals surface area contributed by atoms with E-state index >= 15 is 0 Å². The van der Waals surface area contributed by atoms with Crippen LogP contribution in [0.5, 0.6) is 0 Å². The minimum Gasteiger partial charge on any atom is -0.294 e. The highest BCUT2D eigenvalue weighted by Crippen LogP contribution is 2.22. The van der Waals surface area contributed by atoms with E-state index in [9.17, 15) is 14.9 Å². The van der Waals surface area contributed by atoms with Gasteiger partial charge in [0.05, 0.1) is 4.92 Å². The van der Waals surface area contributed by atoms with E-state index in [-0.39, 0.29) is 11.5 Å². The lowest BCUT2D eigenvalue weighted by atomic mass is 10.1. The lowest BCUT2D eigenvalue weighted by molar-refractivity contribution is -0.384. The van der Waals surface area contributed by atoms with Crippen LogP contribution in [0.4, 0.5) is 5.69 Å². The van der Waals surface area contributed by atoms with Gasteiger partial charge in [0, 0.05) is 33.9 Å². The number of hydrogen-bond acceptors (Lipinski definition) is 3. The van der Waals surface area contributed by atoms with Crippen LogP contribution in [0, 0.1) is 10.1 Å². The Morgan fingerprint density at radius 3 is 2.60 bits per heavy atom. The van der Waals surface area contributed by atoms with E-state index < -0.39 is 4.92 Å². The molecular weight excluding hydrogens is 330 g/mol. The third-order valence-electron chi connectivity index (χ3n) is 1.74. The minimum absolute atomic E-state index is 0.0812. The maximum Gasteiger partial charge on any atom is 0.271 e. The average Bonchev–Trinajstić information content (AvgIpc) is 2.17. The molecule has 0 aliphatic carbocycles. The second-order valence-corrected chi connectivity index (χ2v) is 4.53. The normalized spacial score (nSPS) is 10.0. The van der Waals surface area contributed by atoms with E-state index in [0.717, 1.165) is 0 Å². The van der Waals surface area contributed by atoms with Gasteiger partial charge in [-0.3, -0.25) is 14.9 Å². The van der Waals surface area contributed by atoms with Gasteiger partial charge in [0.2, 0.25) is 0 Å². The molecule has 0 atom stereocenters. The topological polar surface area (TPSA) is 60.2 Å². The summed E-state index contributed by atoms with van der Waals surface area (Å²) in [5, 5.41) is 11.1. The Morgan fingerprint density at radius 1 is 1.40 bits per heavy atom. The van der Waals surface area contributed by atoms with Crippen molar-refractivity contribution in [2.75, 3.05) is 5.33 Å². The largest absolute Gasteiger partial charge is 0.294 e. The highest BCUT2D eigenvalue weighted by atomic mass is 79.9. The Bertz CT molecular complexity index is 406. The van der Waals surface area contributed by atoms with Crippen LogP contribution in [0.3, 0.4) is 0 Å². The van der Waals surface area contributed by atoms with Gasteiger partial charge in [-0.05, 0) is 6.07 Å². The van der Waals surface area contributed by atoms with Gasteiger partial charge in [-0.25, -0.2) is 0 Å². The first-order chi connectivity index (χ1) is 7.04. The Morgan fingerprint density at radius 2 is 2.07 bits per heavy atom. The van der Waals surface area contributed by atoms with E-state index in [4.69, 9.17) is 0 Å². The number of non-ortho nitro benzene ring substituents is 1. The molecule has 15 heavy (non-hydrogen) atoms. The molecule has 0 spiro atoms. The predicted molar refractivity (Wildman–Crippen MR) is 63.5 cm³/mol. The molecule has 0 aromatic heterocycles. The number of alkyl halides is 1. The molecule has 0 bridgehead atoms. The molecular formula is C9H7Br2NO3. The SMILES string of the molecule is O=C(CCBr)c1cc(Br)cc([N+](=O)[O-])c1. The molecule has 0 radical (unpaired) electrons. The molecule has 0 aliphatic rings. The number of benzene rings is 1. The Kier molecular flexibility index (Phi) is 4.41. The van der Waals surface area contributed by atoms with E-state index in [2.05, 4.69) is 31.9 Å². The van der Waals surface area contributed by atoms with Crippen LogP contribution in [0.2, 0.25) is 0 Å². The summed E-state index contributed by atoms with van der Waals surface area (Å²) < 4.78 is 0.537. The predicted octanol–water partition coefficient (Wildman–Crippen LogP) is 3.33. The number of nitro benzene ring substituents is 1. The fourth-order valence-corrected chi connectivity index (χ4v) is 1.91. The molecule has 0 amide bonds. The number of nitrogens with zero attached hydrogens (tertiary/aromatic N) is 1. The lowest BCUT2D eigenvalue weighted by Gasteiger charge is -2.00. The Labute approximate surface area is 103 Å². The summed E-state index contributed by atoms with van der Waals surface area (Å²) >= 11 is 6.28. The minimum atomic E-state index is -0.518. The quantitative estimate of drug-likeness (QED) is 0.367. The van der Waals surface area contributed by atoms with Gasteiger partial charge in [-0.2, -0.15) is 0 Å². The van der Waals surface area contributed by atoms with E-state index in [1.54, 1.807) is 6.07 Å². The molecule has 0 fully saturated rings. The Balaban J connectivity index is 3.09. The van der Waals surface area contributed by atoms with Crippen molar-refractivity contribution in [1.82, 2.24) is 0 Å². The molecule has 0 N–H and O–H groups in total. The summed E-state index contributed by atoms with van der Waals surface area (Å²) in [6.07, 6.45) is 0.327. The van der Waals surface area contributed by atoms with Gasteiger partial charge in [0.15, 0.2) is 5.78 Å². The number of ketones is 1. The first kappa shape index (κ1) is 12.3. The van der Waals surface area contributed by atoms with Gasteiger partial charge in [0.1, 0.15) is 0 Å². The Hall–Kier alpha value is -0.750. The van der Waals surface area contributed by atoms with Crippen molar-refractivity contribution in [3.63, 3.8) is 0 Å². The third-order valence-corrected chi connectivity index (χ3v) is 2.59. The van der Waals surface area contributed by atoms with Crippen molar-refractivity contribution in [3.05, 3.63) is 38.3 Å². The van der Waals surface area contributed by atoms with Crippen molar-refractivity contribution in [2.24, 2.45) is 0 Å². The van der Waals surface area contributed by atoms with Gasteiger partial charge in [-0.1, -0.05) is 31.9 Å². The zero-order chi connectivity index (χ0) is 11.4. The molecule has 1 aromatic carbocycles. The van der Waals surface area contributed by atoms with Crippen molar-refractivity contribution in [1.29, 1.82) is 0 Å². The first-order valence-electron chi connectivity index (χ1n) is 4.08. The number of carbonyl (C=O) groups is 1. The molecule has 1 aromatic rings. The highest BCUT2D eigenvalue weighted by molar-refractivity contribution is 9.10. The van der Waals surface area contributed by atoms with Gasteiger partial charge >= 0.3 is 0 Å². The molecule has 0 saturated heterocycles. The number of hydrogen-bond donors (Lipinski definition) is 0. The standard InChI is InChI=1S/C9H7Br2NO3/c10-2-1-9(13)6-3-7(11)5-8(4-6)12(14)15/h3-5H,1-2H2. The molecule has 0 heterocycles. The summed E-state index contributed by atoms with van der Waals surface area (Å²) in [5.74, 6) is -0.115. The molecule has 0 unspecified atom stereocenters. The molecule has 6 heteroatoms. The molecule has 0 aliphatic heterocycles. The monoisotopic (exact) mass is 335 g/mol. The zero-order valence-electron chi connectivity index (χ0n) is 7.57. The average molecular weight is 337 g/mol. The second-order valence-electron chi connectivity index (χ2n) is 2.82. The van der Waals surface area contributed by atoms with Crippen LogP contribution in [0.25, 0.3) is 0 Å². The van der Waals surface area contributed by atoms with Crippen molar-refractivity contribution in [3.8, 4) is 0 Å². The van der Waals surface area contributed by atoms with Crippen LogP contribution in [-0.4, -0.2) is 16.0 Å². The van der Waals surface area contributed by atoms with Crippen LogP contribution in [0.1, 0.15) is 16.8 Å². The van der Waals surface area contributed by atoms with Crippen molar-refractivity contribution < 1.29 is 9.72 Å². The third kappa shape index (κ3) is 3.39. The number of Topliss-reactive ketones (excluding diaryl/α,β-unsaturated/α-hetero) is 1. The van der Waals surface area contributed by atoms with Crippen LogP contribution >= 0.6 is 31.9 Å². The molecule has 0 saturated carbocycles. The summed E-state index contributed by atoms with van der Waals surface area (Å²) in [6, 6.07) is 4.23. The van der Waals surface area contributed by atoms with E-state index in [1.165, 1.54) is 12.1 Å². The highest BCUT2D eigenvalue weighted by Gasteiger charge is 2.13. The zero-order valence-corrected chi connectivity index (χ0v) is 10.7. The lowest BCUT2D eigenvalue weighted by Crippen LogP contribution is -2.00. The van der Waals surface area contributed by atoms with Crippen molar-refractivity contribution in [2.45, 2.75) is 6.42 Å². The van der Waals surface area contributed by atoms with E-state index in [0.29, 0.717) is 21.8 Å².